The van der Waals surface area contributed by atoms with Gasteiger partial charge < -0.3 is 14.9 Å². The largest absolute Gasteiger partial charge is 0.480 e. The molecule has 1 rings (SSSR count). The summed E-state index contributed by atoms with van der Waals surface area (Å²) in [6.45, 7) is 5.25. The molecule has 0 spiro atoms. The number of hydrogen-bond donors (Lipinski definition) is 1. The Hall–Kier alpha value is -1.24. The molecule has 6 nitrogen and oxygen atoms in total. The van der Waals surface area contributed by atoms with Crippen molar-refractivity contribution in [3.63, 3.8) is 0 Å². The van der Waals surface area contributed by atoms with Crippen molar-refractivity contribution in [3.8, 4) is 0 Å². The number of rotatable bonds is 4. The van der Waals surface area contributed by atoms with Gasteiger partial charge in [-0.25, -0.2) is 0 Å². The summed E-state index contributed by atoms with van der Waals surface area (Å²) in [5.74, 6) is -0.769. The molecule has 1 aliphatic rings. The molecular formula is C11H18N2O4S. The van der Waals surface area contributed by atoms with Gasteiger partial charge in [-0.1, -0.05) is 0 Å². The summed E-state index contributed by atoms with van der Waals surface area (Å²) in [5.41, 5.74) is 0. The SMILES string of the molecule is CC(=O)N1CCN(C(=O)CSC(C)C(=O)O)CC1. The van der Waals surface area contributed by atoms with Gasteiger partial charge in [0.2, 0.25) is 11.8 Å². The van der Waals surface area contributed by atoms with Crippen molar-refractivity contribution in [2.24, 2.45) is 0 Å². The third kappa shape index (κ3) is 4.21. The number of hydrogen-bond acceptors (Lipinski definition) is 4. The highest BCUT2D eigenvalue weighted by molar-refractivity contribution is 8.01. The lowest BCUT2D eigenvalue weighted by molar-refractivity contribution is -0.137. The van der Waals surface area contributed by atoms with Crippen molar-refractivity contribution < 1.29 is 19.5 Å². The fourth-order valence-electron chi connectivity index (χ4n) is 1.63. The van der Waals surface area contributed by atoms with Crippen LogP contribution in [0.25, 0.3) is 0 Å². The van der Waals surface area contributed by atoms with Gasteiger partial charge in [-0.3, -0.25) is 14.4 Å². The summed E-state index contributed by atoms with van der Waals surface area (Å²) in [4.78, 5) is 36.9. The number of carbonyl (C=O) groups excluding carboxylic acids is 2. The monoisotopic (exact) mass is 274 g/mol. The topological polar surface area (TPSA) is 77.9 Å². The average Bonchev–Trinajstić information content (AvgIpc) is 2.35. The zero-order chi connectivity index (χ0) is 13.7. The fourth-order valence-corrected chi connectivity index (χ4v) is 2.35. The van der Waals surface area contributed by atoms with E-state index in [1.54, 1.807) is 16.7 Å². The van der Waals surface area contributed by atoms with Crippen LogP contribution in [0.4, 0.5) is 0 Å². The molecule has 1 saturated heterocycles. The molecule has 1 heterocycles. The van der Waals surface area contributed by atoms with Crippen molar-refractivity contribution in [1.82, 2.24) is 9.80 Å². The summed E-state index contributed by atoms with van der Waals surface area (Å²) >= 11 is 1.12. The fraction of sp³-hybridized carbons (Fsp3) is 0.727. The summed E-state index contributed by atoms with van der Waals surface area (Å²) < 4.78 is 0. The standard InChI is InChI=1S/C11H18N2O4S/c1-8(11(16)17)18-7-10(15)13-5-3-12(4-6-13)9(2)14/h8H,3-7H2,1-2H3,(H,16,17). The van der Waals surface area contributed by atoms with Crippen LogP contribution in [-0.4, -0.2) is 69.9 Å². The number of amides is 2. The van der Waals surface area contributed by atoms with Crippen LogP contribution in [-0.2, 0) is 14.4 Å². The van der Waals surface area contributed by atoms with E-state index in [4.69, 9.17) is 5.11 Å². The maximum absolute atomic E-state index is 11.8. The van der Waals surface area contributed by atoms with Crippen LogP contribution >= 0.6 is 11.8 Å². The first-order valence-electron chi connectivity index (χ1n) is 5.79. The zero-order valence-corrected chi connectivity index (χ0v) is 11.4. The summed E-state index contributed by atoms with van der Waals surface area (Å²) in [7, 11) is 0. The van der Waals surface area contributed by atoms with E-state index < -0.39 is 11.2 Å². The van der Waals surface area contributed by atoms with Crippen LogP contribution in [0.15, 0.2) is 0 Å². The Balaban J connectivity index is 2.32. The Morgan fingerprint density at radius 1 is 1.17 bits per heavy atom. The quantitative estimate of drug-likeness (QED) is 0.773. The van der Waals surface area contributed by atoms with Gasteiger partial charge in [-0.05, 0) is 6.92 Å². The second kappa shape index (κ2) is 6.63. The number of carbonyl (C=O) groups is 3. The molecular weight excluding hydrogens is 256 g/mol. The predicted octanol–water partition coefficient (Wildman–Crippen LogP) is -0.117. The van der Waals surface area contributed by atoms with Gasteiger partial charge in [0.25, 0.3) is 0 Å². The van der Waals surface area contributed by atoms with Crippen molar-refractivity contribution in [2.75, 3.05) is 31.9 Å². The number of thioether (sulfide) groups is 1. The van der Waals surface area contributed by atoms with Crippen LogP contribution in [0.5, 0.6) is 0 Å². The second-order valence-corrected chi connectivity index (χ2v) is 5.51. The summed E-state index contributed by atoms with van der Waals surface area (Å²) in [6.07, 6.45) is 0. The Labute approximate surface area is 110 Å². The maximum Gasteiger partial charge on any atom is 0.316 e. The molecule has 0 aromatic carbocycles. The molecule has 1 atom stereocenters. The van der Waals surface area contributed by atoms with Gasteiger partial charge in [0.05, 0.1) is 11.0 Å². The van der Waals surface area contributed by atoms with Gasteiger partial charge in [-0.15, -0.1) is 11.8 Å². The lowest BCUT2D eigenvalue weighted by Gasteiger charge is -2.34. The first-order valence-corrected chi connectivity index (χ1v) is 6.84. The molecule has 7 heteroatoms. The molecule has 0 saturated carbocycles. The van der Waals surface area contributed by atoms with Crippen molar-refractivity contribution in [3.05, 3.63) is 0 Å². The van der Waals surface area contributed by atoms with Crippen LogP contribution in [0.2, 0.25) is 0 Å². The molecule has 0 aromatic rings. The molecule has 0 aromatic heterocycles. The van der Waals surface area contributed by atoms with Crippen LogP contribution in [0, 0.1) is 0 Å². The molecule has 18 heavy (non-hydrogen) atoms. The van der Waals surface area contributed by atoms with Gasteiger partial charge in [-0.2, -0.15) is 0 Å². The average molecular weight is 274 g/mol. The number of nitrogens with zero attached hydrogens (tertiary/aromatic N) is 2. The van der Waals surface area contributed by atoms with E-state index in [0.717, 1.165) is 11.8 Å². The molecule has 1 fully saturated rings. The Morgan fingerprint density at radius 2 is 1.67 bits per heavy atom. The van der Waals surface area contributed by atoms with Crippen molar-refractivity contribution in [2.45, 2.75) is 19.1 Å². The predicted molar refractivity (Wildman–Crippen MR) is 68.4 cm³/mol. The van der Waals surface area contributed by atoms with Gasteiger partial charge in [0, 0.05) is 33.1 Å². The molecule has 0 aliphatic carbocycles. The maximum atomic E-state index is 11.8. The van der Waals surface area contributed by atoms with Gasteiger partial charge >= 0.3 is 5.97 Å². The molecule has 0 bridgehead atoms. The van der Waals surface area contributed by atoms with Crippen molar-refractivity contribution >= 4 is 29.5 Å². The van der Waals surface area contributed by atoms with Crippen LogP contribution in [0.3, 0.4) is 0 Å². The molecule has 102 valence electrons. The highest BCUT2D eigenvalue weighted by Gasteiger charge is 2.23. The van der Waals surface area contributed by atoms with E-state index in [1.165, 1.54) is 6.92 Å². The minimum Gasteiger partial charge on any atom is -0.480 e. The number of carboxylic acid groups (broad SMARTS) is 1. The Kier molecular flexibility index (Phi) is 5.46. The lowest BCUT2D eigenvalue weighted by atomic mass is 10.3. The van der Waals surface area contributed by atoms with E-state index in [1.807, 2.05) is 0 Å². The van der Waals surface area contributed by atoms with Crippen LogP contribution in [0.1, 0.15) is 13.8 Å². The van der Waals surface area contributed by atoms with Crippen molar-refractivity contribution in [1.29, 1.82) is 0 Å². The molecule has 1 aliphatic heterocycles. The van der Waals surface area contributed by atoms with E-state index in [0.29, 0.717) is 26.2 Å². The third-order valence-electron chi connectivity index (χ3n) is 2.88. The summed E-state index contributed by atoms with van der Waals surface area (Å²) in [5, 5.41) is 8.13. The molecule has 0 radical (unpaired) electrons. The Morgan fingerprint density at radius 3 is 2.11 bits per heavy atom. The number of piperazine rings is 1. The number of aliphatic carboxylic acids is 1. The van der Waals surface area contributed by atoms with E-state index >= 15 is 0 Å². The van der Waals surface area contributed by atoms with E-state index in [9.17, 15) is 14.4 Å². The van der Waals surface area contributed by atoms with E-state index in [-0.39, 0.29) is 17.6 Å². The van der Waals surface area contributed by atoms with E-state index in [2.05, 4.69) is 0 Å². The molecule has 2 amide bonds. The second-order valence-electron chi connectivity index (χ2n) is 4.18. The van der Waals surface area contributed by atoms with Crippen LogP contribution < -0.4 is 0 Å². The highest BCUT2D eigenvalue weighted by atomic mass is 32.2. The van der Waals surface area contributed by atoms with Gasteiger partial charge in [0.15, 0.2) is 0 Å². The third-order valence-corrected chi connectivity index (χ3v) is 4.00. The highest BCUT2D eigenvalue weighted by Crippen LogP contribution is 2.12. The normalized spacial score (nSPS) is 17.4. The minimum atomic E-state index is -0.908. The first kappa shape index (κ1) is 14.8. The first-order chi connectivity index (χ1) is 8.41. The molecule has 1 unspecified atom stereocenters. The zero-order valence-electron chi connectivity index (χ0n) is 10.6. The summed E-state index contributed by atoms with van der Waals surface area (Å²) in [6, 6.07) is 0. The molecule has 1 N–H and O–H groups in total. The Bertz CT molecular complexity index is 340. The number of carboxylic acids is 1. The van der Waals surface area contributed by atoms with Gasteiger partial charge in [0.1, 0.15) is 0 Å². The minimum absolute atomic E-state index is 0.0240. The lowest BCUT2D eigenvalue weighted by Crippen LogP contribution is -2.50. The smallest absolute Gasteiger partial charge is 0.316 e.